The number of nitrogens with one attached hydrogen (secondary N) is 2. The number of aromatic carboxylic acids is 1. The van der Waals surface area contributed by atoms with Gasteiger partial charge < -0.3 is 60.5 Å². The molecule has 8 heterocycles. The van der Waals surface area contributed by atoms with E-state index in [1.165, 1.54) is 43.9 Å². The molecule has 23 nitrogen and oxygen atoms in total. The zero-order chi connectivity index (χ0) is 51.6. The number of anilines is 3. The molecular formula is C49H58N9O14P2+. The minimum atomic E-state index is -5.25. The zero-order valence-corrected chi connectivity index (χ0v) is 42.1. The van der Waals surface area contributed by atoms with Gasteiger partial charge in [0.1, 0.15) is 49.2 Å². The average molecular weight is 1060 g/mol. The molecule has 0 spiro atoms. The number of unbranched alkanes of at least 4 members (excludes halogenated alkanes) is 3. The number of nitrogens with zero attached hydrogens (tertiary/aromatic N) is 6. The fraction of sp³-hybridized carbons (Fsp3) is 0.469. The minimum Gasteiger partial charge on any atom is -0.478 e. The van der Waals surface area contributed by atoms with Gasteiger partial charge in [0, 0.05) is 77.8 Å². The molecular weight excluding hydrogens is 1000 g/mol. The first-order chi connectivity index (χ1) is 35.5. The van der Waals surface area contributed by atoms with Crippen molar-refractivity contribution in [2.24, 2.45) is 0 Å². The van der Waals surface area contributed by atoms with E-state index in [2.05, 4.69) is 51.7 Å². The van der Waals surface area contributed by atoms with Gasteiger partial charge in [-0.3, -0.25) is 18.4 Å². The molecule has 6 aliphatic heterocycles. The summed E-state index contributed by atoms with van der Waals surface area (Å²) in [5, 5.41) is 30.4. The van der Waals surface area contributed by atoms with E-state index >= 15 is 0 Å². The van der Waals surface area contributed by atoms with Crippen LogP contribution in [0.1, 0.15) is 112 Å². The van der Waals surface area contributed by atoms with E-state index < -0.39 is 52.8 Å². The Labute approximate surface area is 423 Å². The molecule has 0 saturated carbocycles. The Balaban J connectivity index is 0.799. The minimum absolute atomic E-state index is 0.0129. The van der Waals surface area contributed by atoms with Crippen LogP contribution >= 0.6 is 15.6 Å². The van der Waals surface area contributed by atoms with E-state index in [0.717, 1.165) is 112 Å². The summed E-state index contributed by atoms with van der Waals surface area (Å²) in [5.41, 5.74) is 15.0. The first-order valence-corrected chi connectivity index (χ1v) is 28.2. The van der Waals surface area contributed by atoms with Gasteiger partial charge in [0.05, 0.1) is 17.7 Å². The van der Waals surface area contributed by atoms with Crippen molar-refractivity contribution < 1.29 is 67.0 Å². The van der Waals surface area contributed by atoms with Gasteiger partial charge in [-0.1, -0.05) is 12.8 Å². The van der Waals surface area contributed by atoms with E-state index in [9.17, 15) is 48.5 Å². The lowest BCUT2D eigenvalue weighted by Crippen LogP contribution is -2.45. The fourth-order valence-electron chi connectivity index (χ4n) is 11.8. The maximum Gasteiger partial charge on any atom is 0.470 e. The van der Waals surface area contributed by atoms with Crippen LogP contribution in [0.5, 0.6) is 11.5 Å². The van der Waals surface area contributed by atoms with Crippen molar-refractivity contribution in [3.05, 3.63) is 91.7 Å². The number of amides is 1. The monoisotopic (exact) mass is 1060 g/mol. The molecule has 0 radical (unpaired) electrons. The Hall–Kier alpha value is -5.84. The summed E-state index contributed by atoms with van der Waals surface area (Å²) in [7, 11) is -10.3. The number of nitrogens with two attached hydrogens (primary N) is 1. The predicted molar refractivity (Wildman–Crippen MR) is 268 cm³/mol. The van der Waals surface area contributed by atoms with Crippen LogP contribution in [-0.2, 0) is 48.6 Å². The van der Waals surface area contributed by atoms with Crippen LogP contribution in [0.4, 0.5) is 17.5 Å². The highest BCUT2D eigenvalue weighted by Crippen LogP contribution is 2.50. The Morgan fingerprint density at radius 2 is 1.61 bits per heavy atom. The van der Waals surface area contributed by atoms with Gasteiger partial charge in [0.25, 0.3) is 5.91 Å². The van der Waals surface area contributed by atoms with Crippen LogP contribution in [-0.4, -0.2) is 125 Å². The Morgan fingerprint density at radius 1 is 0.865 bits per heavy atom. The molecule has 25 heteroatoms. The third-order valence-corrected chi connectivity index (χ3v) is 15.9. The second-order valence-electron chi connectivity index (χ2n) is 19.6. The molecule has 6 aliphatic rings. The molecule has 0 aliphatic carbocycles. The summed E-state index contributed by atoms with van der Waals surface area (Å²) >= 11 is 0. The standard InChI is InChI=1S/C49H57N9O14P2/c50-44-37-45(54-25-53-44)58(47-40(59)43(72-74(66,67)68)35(70-47)24-69-73(63,64)65)49(55-37)52-16-4-2-1-3-15-51-46(60)28-13-14-29(48(61)62)32(23-28)36-33-21-26-9-5-17-56-19-7-11-30(38(26)56)41(33)71-42-31-12-8-20-57-18-6-10-27(39(31)57)22-34(36)42/h13-14,21-23,25,35,40,43,47,59H,1-12,15-20,24H2,(H8-,50,51,52,53,54,55,60,61,62,63,64,65,66,67,68)/p+1/t35-,40-,43-,47-/m1/s1. The highest BCUT2D eigenvalue weighted by Gasteiger charge is 2.50. The second kappa shape index (κ2) is 20.0. The molecule has 3 aromatic carbocycles. The lowest BCUT2D eigenvalue weighted by atomic mass is 9.81. The number of aromatic nitrogens is 4. The highest BCUT2D eigenvalue weighted by molar-refractivity contribution is 7.46. The zero-order valence-electron chi connectivity index (χ0n) is 40.3. The molecule has 5 aromatic rings. The van der Waals surface area contributed by atoms with Crippen molar-refractivity contribution in [2.75, 3.05) is 61.8 Å². The SMILES string of the molecule is Nc1ncnc2c1nc(NCCCCCCNC(=O)c1ccc(C(=O)O)c(C3=c4cc5c6c(c4Oc4c3cc3c7c4CCCN7CCC3)CCC[N+]=6CCC5)c1)n2[C@@H]1O[C@H](COP(=O)(O)O)[C@@H](OP(=O)(O)O)[C@H]1O. The summed E-state index contributed by atoms with van der Waals surface area (Å²) < 4.78 is 49.5. The summed E-state index contributed by atoms with van der Waals surface area (Å²) in [5.74, 6) is 0.270. The van der Waals surface area contributed by atoms with Gasteiger partial charge in [0.2, 0.25) is 11.3 Å². The molecule has 392 valence electrons. The first kappa shape index (κ1) is 50.3. The number of carbonyl (C=O) groups excluding carboxylic acids is 1. The van der Waals surface area contributed by atoms with Crippen LogP contribution in [0.2, 0.25) is 0 Å². The number of phosphoric acid groups is 2. The molecule has 0 unspecified atom stereocenters. The van der Waals surface area contributed by atoms with E-state index in [1.807, 2.05) is 0 Å². The molecule has 10 N–H and O–H groups in total. The molecule has 0 bridgehead atoms. The van der Waals surface area contributed by atoms with E-state index in [4.69, 9.17) is 19.7 Å². The molecule has 1 amide bonds. The van der Waals surface area contributed by atoms with Crippen molar-refractivity contribution in [1.82, 2.24) is 29.4 Å². The van der Waals surface area contributed by atoms with Crippen LogP contribution in [0, 0.1) is 0 Å². The van der Waals surface area contributed by atoms with Crippen molar-refractivity contribution >= 4 is 61.7 Å². The quantitative estimate of drug-likeness (QED) is 0.0360. The maximum absolute atomic E-state index is 14.0. The number of phosphoric ester groups is 2. The van der Waals surface area contributed by atoms with Gasteiger partial charge in [-0.25, -0.2) is 33.5 Å². The van der Waals surface area contributed by atoms with Gasteiger partial charge >= 0.3 is 21.6 Å². The summed E-state index contributed by atoms with van der Waals surface area (Å²) in [6.07, 6.45) is 4.77. The summed E-state index contributed by atoms with van der Waals surface area (Å²) in [6.45, 7) is 3.78. The predicted octanol–water partition coefficient (Wildman–Crippen LogP) is 2.79. The van der Waals surface area contributed by atoms with Crippen molar-refractivity contribution in [1.29, 1.82) is 0 Å². The number of aryl methyl sites for hydroxylation is 2. The first-order valence-electron chi connectivity index (χ1n) is 25.1. The smallest absolute Gasteiger partial charge is 0.470 e. The number of carboxylic acid groups (broad SMARTS) is 1. The number of ether oxygens (including phenoxy) is 2. The number of carbonyl (C=O) groups is 2. The summed E-state index contributed by atoms with van der Waals surface area (Å²) in [6, 6.07) is 9.29. The number of aliphatic hydroxyl groups is 1. The van der Waals surface area contributed by atoms with Gasteiger partial charge in [-0.15, -0.1) is 0 Å². The number of hydrogen-bond donors (Lipinski definition) is 9. The fourth-order valence-corrected chi connectivity index (χ4v) is 12.7. The second-order valence-corrected chi connectivity index (χ2v) is 22.1. The number of fused-ring (bicyclic) bond motifs is 5. The normalized spacial score (nSPS) is 20.9. The Bertz CT molecular complexity index is 3340. The lowest BCUT2D eigenvalue weighted by Gasteiger charge is -2.39. The third kappa shape index (κ3) is 9.59. The van der Waals surface area contributed by atoms with Crippen LogP contribution in [0.25, 0.3) is 16.7 Å². The van der Waals surface area contributed by atoms with Crippen molar-refractivity contribution in [3.63, 3.8) is 0 Å². The van der Waals surface area contributed by atoms with E-state index in [1.54, 1.807) is 12.1 Å². The number of nitrogen functional groups attached to an aromatic ring is 1. The molecule has 1 saturated heterocycles. The van der Waals surface area contributed by atoms with Gasteiger partial charge in [-0.05, 0) is 92.8 Å². The number of carboxylic acids is 1. The van der Waals surface area contributed by atoms with Crippen LogP contribution in [0.3, 0.4) is 0 Å². The Morgan fingerprint density at radius 3 is 2.38 bits per heavy atom. The van der Waals surface area contributed by atoms with Crippen molar-refractivity contribution in [2.45, 2.75) is 102 Å². The summed E-state index contributed by atoms with van der Waals surface area (Å²) in [4.78, 5) is 80.1. The van der Waals surface area contributed by atoms with E-state index in [0.29, 0.717) is 49.9 Å². The maximum atomic E-state index is 14.0. The number of imidazole rings is 1. The number of rotatable bonds is 17. The highest BCUT2D eigenvalue weighted by atomic mass is 31.2. The average Bonchev–Trinajstić information content (AvgIpc) is 3.90. The molecule has 1 fully saturated rings. The third-order valence-electron chi connectivity index (χ3n) is 14.9. The molecule has 74 heavy (non-hydrogen) atoms. The largest absolute Gasteiger partial charge is 0.478 e. The number of hydrogen-bond acceptors (Lipinski definition) is 15. The number of aliphatic hydroxyl groups excluding tert-OH is 1. The molecule has 2 aromatic heterocycles. The molecule has 11 rings (SSSR count). The van der Waals surface area contributed by atoms with Crippen molar-refractivity contribution in [3.8, 4) is 11.5 Å². The van der Waals surface area contributed by atoms with E-state index in [-0.39, 0.29) is 34.4 Å². The topological polar surface area (TPSA) is 327 Å². The van der Waals surface area contributed by atoms with Crippen LogP contribution in [0.15, 0.2) is 36.7 Å². The molecule has 4 atom stereocenters. The van der Waals surface area contributed by atoms with Gasteiger partial charge in [-0.2, -0.15) is 0 Å². The Kier molecular flexibility index (Phi) is 13.6. The lowest BCUT2D eigenvalue weighted by molar-refractivity contribution is -0.0492. The van der Waals surface area contributed by atoms with Crippen LogP contribution < -0.4 is 41.2 Å². The number of benzene rings is 3. The van der Waals surface area contributed by atoms with Gasteiger partial charge in [0.15, 0.2) is 23.2 Å².